The molecule has 98 valence electrons. The Balaban J connectivity index is 1.79. The Morgan fingerprint density at radius 2 is 1.74 bits per heavy atom. The minimum absolute atomic E-state index is 0.466. The monoisotopic (exact) mass is 253 g/mol. The first kappa shape index (κ1) is 12.1. The Bertz CT molecular complexity index is 567. The molecule has 0 aliphatic heterocycles. The van der Waals surface area contributed by atoms with Gasteiger partial charge in [0.2, 0.25) is 0 Å². The average Bonchev–Trinajstić information content (AvgIpc) is 2.81. The number of hydrogen-bond donors (Lipinski definition) is 1. The molecular formula is C17H19NO. The lowest BCUT2D eigenvalue weighted by Gasteiger charge is -2.17. The summed E-state index contributed by atoms with van der Waals surface area (Å²) in [6, 6.07) is 15.4. The van der Waals surface area contributed by atoms with E-state index in [9.17, 15) is 0 Å². The molecule has 2 heteroatoms. The molecule has 0 amide bonds. The fourth-order valence-corrected chi connectivity index (χ4v) is 2.82. The largest absolute Gasteiger partial charge is 0.495 e. The summed E-state index contributed by atoms with van der Waals surface area (Å²) in [6.45, 7) is 2.11. The summed E-state index contributed by atoms with van der Waals surface area (Å²) in [6.07, 6.45) is 2.18. The predicted molar refractivity (Wildman–Crippen MR) is 79.0 cm³/mol. The van der Waals surface area contributed by atoms with Crippen LogP contribution in [0.25, 0.3) is 0 Å². The zero-order valence-electron chi connectivity index (χ0n) is 11.4. The third kappa shape index (κ3) is 2.43. The van der Waals surface area contributed by atoms with Gasteiger partial charge in [0.1, 0.15) is 5.75 Å². The molecule has 1 N–H and O–H groups in total. The van der Waals surface area contributed by atoms with E-state index < -0.39 is 0 Å². The Morgan fingerprint density at radius 3 is 2.37 bits per heavy atom. The molecule has 0 saturated carbocycles. The maximum atomic E-state index is 5.43. The SMILES string of the molecule is COc1ccc(C)cc1NC1Cc2ccccc2C1. The van der Waals surface area contributed by atoms with Crippen LogP contribution in [-0.2, 0) is 12.8 Å². The van der Waals surface area contributed by atoms with Gasteiger partial charge in [-0.25, -0.2) is 0 Å². The first-order chi connectivity index (χ1) is 9.26. The number of methoxy groups -OCH3 is 1. The van der Waals surface area contributed by atoms with E-state index in [1.807, 2.05) is 6.07 Å². The normalized spacial score (nSPS) is 14.2. The summed E-state index contributed by atoms with van der Waals surface area (Å²) < 4.78 is 5.43. The van der Waals surface area contributed by atoms with Gasteiger partial charge in [0.05, 0.1) is 12.8 Å². The van der Waals surface area contributed by atoms with Crippen molar-refractivity contribution in [3.8, 4) is 5.75 Å². The molecule has 0 atom stereocenters. The number of rotatable bonds is 3. The molecule has 3 rings (SSSR count). The maximum Gasteiger partial charge on any atom is 0.141 e. The maximum absolute atomic E-state index is 5.43. The number of ether oxygens (including phenoxy) is 1. The van der Waals surface area contributed by atoms with Crippen LogP contribution in [0.15, 0.2) is 42.5 Å². The van der Waals surface area contributed by atoms with Crippen LogP contribution in [-0.4, -0.2) is 13.2 Å². The second kappa shape index (κ2) is 4.96. The number of anilines is 1. The fourth-order valence-electron chi connectivity index (χ4n) is 2.82. The van der Waals surface area contributed by atoms with Gasteiger partial charge in [-0.15, -0.1) is 0 Å². The van der Waals surface area contributed by atoms with Crippen molar-refractivity contribution in [1.82, 2.24) is 0 Å². The van der Waals surface area contributed by atoms with Crippen molar-refractivity contribution in [2.75, 3.05) is 12.4 Å². The van der Waals surface area contributed by atoms with Gasteiger partial charge in [-0.1, -0.05) is 30.3 Å². The molecule has 0 saturated heterocycles. The van der Waals surface area contributed by atoms with Crippen molar-refractivity contribution in [3.63, 3.8) is 0 Å². The minimum Gasteiger partial charge on any atom is -0.495 e. The Kier molecular flexibility index (Phi) is 3.16. The second-order valence-corrected chi connectivity index (χ2v) is 5.22. The summed E-state index contributed by atoms with van der Waals surface area (Å²) >= 11 is 0. The van der Waals surface area contributed by atoms with Gasteiger partial charge >= 0.3 is 0 Å². The molecule has 2 aromatic carbocycles. The lowest BCUT2D eigenvalue weighted by Crippen LogP contribution is -2.19. The standard InChI is InChI=1S/C17H19NO/c1-12-7-8-17(19-2)16(9-12)18-15-10-13-5-3-4-6-14(13)11-15/h3-9,15,18H,10-11H2,1-2H3. The highest BCUT2D eigenvalue weighted by Crippen LogP contribution is 2.29. The zero-order chi connectivity index (χ0) is 13.2. The number of benzene rings is 2. The predicted octanol–water partition coefficient (Wildman–Crippen LogP) is 3.58. The highest BCUT2D eigenvalue weighted by molar-refractivity contribution is 5.59. The quantitative estimate of drug-likeness (QED) is 0.902. The molecule has 0 unspecified atom stereocenters. The highest BCUT2D eigenvalue weighted by atomic mass is 16.5. The van der Waals surface area contributed by atoms with Crippen LogP contribution in [0.5, 0.6) is 5.75 Å². The van der Waals surface area contributed by atoms with Gasteiger partial charge in [0, 0.05) is 6.04 Å². The third-order valence-electron chi connectivity index (χ3n) is 3.77. The molecule has 0 bridgehead atoms. The van der Waals surface area contributed by atoms with Crippen LogP contribution >= 0.6 is 0 Å². The Morgan fingerprint density at radius 1 is 1.05 bits per heavy atom. The van der Waals surface area contributed by atoms with E-state index in [1.54, 1.807) is 7.11 Å². The topological polar surface area (TPSA) is 21.3 Å². The highest BCUT2D eigenvalue weighted by Gasteiger charge is 2.21. The molecule has 0 radical (unpaired) electrons. The molecule has 1 aliphatic rings. The van der Waals surface area contributed by atoms with Crippen molar-refractivity contribution in [3.05, 3.63) is 59.2 Å². The van der Waals surface area contributed by atoms with Gasteiger partial charge in [0.25, 0.3) is 0 Å². The van der Waals surface area contributed by atoms with Crippen LogP contribution in [0.2, 0.25) is 0 Å². The van der Waals surface area contributed by atoms with Gasteiger partial charge in [0.15, 0.2) is 0 Å². The van der Waals surface area contributed by atoms with Crippen LogP contribution in [0.3, 0.4) is 0 Å². The van der Waals surface area contributed by atoms with Crippen molar-refractivity contribution >= 4 is 5.69 Å². The van der Waals surface area contributed by atoms with Crippen LogP contribution in [0.4, 0.5) is 5.69 Å². The number of fused-ring (bicyclic) bond motifs is 1. The molecule has 1 aliphatic carbocycles. The van der Waals surface area contributed by atoms with Gasteiger partial charge in [-0.05, 0) is 48.6 Å². The smallest absolute Gasteiger partial charge is 0.141 e. The van der Waals surface area contributed by atoms with E-state index >= 15 is 0 Å². The van der Waals surface area contributed by atoms with Crippen LogP contribution < -0.4 is 10.1 Å². The van der Waals surface area contributed by atoms with Gasteiger partial charge in [-0.2, -0.15) is 0 Å². The Hall–Kier alpha value is -1.96. The first-order valence-electron chi connectivity index (χ1n) is 6.74. The number of hydrogen-bond acceptors (Lipinski definition) is 2. The van der Waals surface area contributed by atoms with Crippen LogP contribution in [0.1, 0.15) is 16.7 Å². The lowest BCUT2D eigenvalue weighted by atomic mass is 10.1. The Labute approximate surface area is 114 Å². The summed E-state index contributed by atoms with van der Waals surface area (Å²) in [5, 5.41) is 3.62. The van der Waals surface area contributed by atoms with Crippen LogP contribution in [0, 0.1) is 6.92 Å². The number of nitrogens with one attached hydrogen (secondary N) is 1. The molecule has 2 nitrogen and oxygen atoms in total. The minimum atomic E-state index is 0.466. The first-order valence-corrected chi connectivity index (χ1v) is 6.74. The van der Waals surface area contributed by atoms with E-state index in [1.165, 1.54) is 16.7 Å². The summed E-state index contributed by atoms with van der Waals surface area (Å²) in [5.74, 6) is 0.918. The van der Waals surface area contributed by atoms with E-state index in [2.05, 4.69) is 48.6 Å². The summed E-state index contributed by atoms with van der Waals surface area (Å²) in [5.41, 5.74) is 5.28. The van der Waals surface area contributed by atoms with Crippen molar-refractivity contribution in [2.45, 2.75) is 25.8 Å². The van der Waals surface area contributed by atoms with Gasteiger partial charge < -0.3 is 10.1 Å². The van der Waals surface area contributed by atoms with Crippen molar-refractivity contribution < 1.29 is 4.74 Å². The summed E-state index contributed by atoms with van der Waals surface area (Å²) in [7, 11) is 1.72. The van der Waals surface area contributed by atoms with Gasteiger partial charge in [-0.3, -0.25) is 0 Å². The zero-order valence-corrected chi connectivity index (χ0v) is 11.4. The molecule has 19 heavy (non-hydrogen) atoms. The van der Waals surface area contributed by atoms with E-state index in [0.717, 1.165) is 24.3 Å². The molecule has 0 heterocycles. The van der Waals surface area contributed by atoms with Crippen molar-refractivity contribution in [2.24, 2.45) is 0 Å². The second-order valence-electron chi connectivity index (χ2n) is 5.22. The summed E-state index contributed by atoms with van der Waals surface area (Å²) in [4.78, 5) is 0. The van der Waals surface area contributed by atoms with E-state index in [0.29, 0.717) is 6.04 Å². The van der Waals surface area contributed by atoms with E-state index in [-0.39, 0.29) is 0 Å². The number of aryl methyl sites for hydroxylation is 1. The molecule has 2 aromatic rings. The molecular weight excluding hydrogens is 234 g/mol. The van der Waals surface area contributed by atoms with Crippen molar-refractivity contribution in [1.29, 1.82) is 0 Å². The lowest BCUT2D eigenvalue weighted by molar-refractivity contribution is 0.416. The van der Waals surface area contributed by atoms with E-state index in [4.69, 9.17) is 4.74 Å². The third-order valence-corrected chi connectivity index (χ3v) is 3.77. The molecule has 0 aromatic heterocycles. The average molecular weight is 253 g/mol. The fraction of sp³-hybridized carbons (Fsp3) is 0.294. The molecule has 0 spiro atoms. The molecule has 0 fully saturated rings.